The van der Waals surface area contributed by atoms with Crippen molar-refractivity contribution in [3.05, 3.63) is 99.2 Å². The molecule has 1 aliphatic heterocycles. The third-order valence-corrected chi connectivity index (χ3v) is 7.25. The molecule has 0 bridgehead atoms. The molecule has 0 radical (unpaired) electrons. The van der Waals surface area contributed by atoms with Gasteiger partial charge in [0.2, 0.25) is 5.76 Å². The Labute approximate surface area is 226 Å². The highest BCUT2D eigenvalue weighted by Gasteiger charge is 2.37. The first kappa shape index (κ1) is 25.3. The van der Waals surface area contributed by atoms with Gasteiger partial charge in [-0.05, 0) is 55.0 Å². The topological polar surface area (TPSA) is 95.9 Å². The second-order valence-electron chi connectivity index (χ2n) is 8.20. The average molecular weight is 548 g/mol. The number of hydrogen-bond donors (Lipinski definition) is 0. The van der Waals surface area contributed by atoms with E-state index in [0.717, 1.165) is 11.8 Å². The van der Waals surface area contributed by atoms with Gasteiger partial charge < -0.3 is 13.9 Å². The summed E-state index contributed by atoms with van der Waals surface area (Å²) in [7, 11) is 3.20. The van der Waals surface area contributed by atoms with Crippen LogP contribution >= 0.6 is 24.0 Å². The zero-order chi connectivity index (χ0) is 27.0. The Morgan fingerprint density at radius 3 is 2.50 bits per heavy atom. The van der Waals surface area contributed by atoms with Crippen LogP contribution in [0.2, 0.25) is 0 Å². The van der Waals surface area contributed by atoms with Gasteiger partial charge in [-0.15, -0.1) is 0 Å². The Kier molecular flexibility index (Phi) is 6.79. The van der Waals surface area contributed by atoms with Crippen LogP contribution in [0.5, 0.6) is 11.5 Å². The maximum absolute atomic E-state index is 13.5. The highest BCUT2D eigenvalue weighted by atomic mass is 32.2. The van der Waals surface area contributed by atoms with E-state index in [-0.39, 0.29) is 27.1 Å². The van der Waals surface area contributed by atoms with Gasteiger partial charge >= 0.3 is 5.97 Å². The zero-order valence-corrected chi connectivity index (χ0v) is 22.2. The molecule has 0 spiro atoms. The Morgan fingerprint density at radius 1 is 1.05 bits per heavy atom. The van der Waals surface area contributed by atoms with Gasteiger partial charge in [-0.3, -0.25) is 19.2 Å². The van der Waals surface area contributed by atoms with E-state index in [9.17, 15) is 14.4 Å². The lowest BCUT2D eigenvalue weighted by atomic mass is 10.2. The van der Waals surface area contributed by atoms with Crippen LogP contribution in [0.25, 0.3) is 11.8 Å². The van der Waals surface area contributed by atoms with Crippen LogP contribution < -0.4 is 19.9 Å². The van der Waals surface area contributed by atoms with Crippen LogP contribution in [0.4, 0.5) is 5.69 Å². The summed E-state index contributed by atoms with van der Waals surface area (Å²) in [4.78, 5) is 40.8. The van der Waals surface area contributed by atoms with E-state index in [1.165, 1.54) is 29.0 Å². The maximum atomic E-state index is 13.5. The van der Waals surface area contributed by atoms with Gasteiger partial charge in [0.15, 0.2) is 15.8 Å². The minimum Gasteiger partial charge on any atom is -0.493 e. The predicted molar refractivity (Wildman–Crippen MR) is 148 cm³/mol. The molecule has 1 fully saturated rings. The number of thioether (sulfide) groups is 1. The Balaban J connectivity index is 1.45. The van der Waals surface area contributed by atoms with Gasteiger partial charge in [0, 0.05) is 7.05 Å². The van der Waals surface area contributed by atoms with Crippen molar-refractivity contribution < 1.29 is 23.5 Å². The van der Waals surface area contributed by atoms with Crippen LogP contribution in [-0.2, 0) is 11.8 Å². The van der Waals surface area contributed by atoms with Crippen LogP contribution in [-0.4, -0.2) is 32.7 Å². The molecular formula is C27H21N3O6S2. The SMILES string of the molecule is COc1cc(/C=C2\SC(=S)N(c3c(C)n(C)n(-c4ccccc4)c3=O)C2=O)ccc1OC(=O)c1ccco1. The lowest BCUT2D eigenvalue weighted by Crippen LogP contribution is -2.33. The molecule has 1 saturated heterocycles. The maximum Gasteiger partial charge on any atom is 0.379 e. The molecule has 1 amide bonds. The summed E-state index contributed by atoms with van der Waals surface area (Å²) in [6, 6.07) is 17.1. The average Bonchev–Trinajstić information content (AvgIpc) is 3.60. The number of ether oxygens (including phenoxy) is 2. The molecule has 0 N–H and O–H groups in total. The quantitative estimate of drug-likeness (QED) is 0.148. The number of esters is 1. The highest BCUT2D eigenvalue weighted by Crippen LogP contribution is 2.37. The summed E-state index contributed by atoms with van der Waals surface area (Å²) in [5.74, 6) is -0.527. The number of anilines is 1. The summed E-state index contributed by atoms with van der Waals surface area (Å²) in [5, 5.41) is 0. The van der Waals surface area contributed by atoms with Crippen molar-refractivity contribution in [1.82, 2.24) is 9.36 Å². The second-order valence-corrected chi connectivity index (χ2v) is 9.88. The number of benzene rings is 2. The minimum atomic E-state index is -0.665. The van der Waals surface area contributed by atoms with Crippen molar-refractivity contribution in [2.45, 2.75) is 6.92 Å². The normalized spacial score (nSPS) is 14.4. The first-order valence-electron chi connectivity index (χ1n) is 11.4. The fourth-order valence-corrected chi connectivity index (χ4v) is 5.30. The summed E-state index contributed by atoms with van der Waals surface area (Å²) in [5.41, 5.74) is 1.75. The number of para-hydroxylation sites is 1. The van der Waals surface area contributed by atoms with E-state index in [1.54, 1.807) is 49.0 Å². The van der Waals surface area contributed by atoms with Gasteiger partial charge in [-0.2, -0.15) is 0 Å². The summed E-state index contributed by atoms with van der Waals surface area (Å²) < 4.78 is 19.3. The Morgan fingerprint density at radius 2 is 1.82 bits per heavy atom. The van der Waals surface area contributed by atoms with Crippen LogP contribution in [0.3, 0.4) is 0 Å². The molecule has 4 aromatic rings. The van der Waals surface area contributed by atoms with Gasteiger partial charge in [-0.1, -0.05) is 48.2 Å². The van der Waals surface area contributed by atoms with Crippen molar-refractivity contribution >= 4 is 51.9 Å². The molecule has 1 aliphatic rings. The van der Waals surface area contributed by atoms with Crippen molar-refractivity contribution in [3.63, 3.8) is 0 Å². The third kappa shape index (κ3) is 4.46. The van der Waals surface area contributed by atoms with E-state index in [4.69, 9.17) is 26.1 Å². The van der Waals surface area contributed by atoms with Crippen molar-refractivity contribution in [3.8, 4) is 17.2 Å². The highest BCUT2D eigenvalue weighted by molar-refractivity contribution is 8.27. The van der Waals surface area contributed by atoms with Crippen molar-refractivity contribution in [1.29, 1.82) is 0 Å². The largest absolute Gasteiger partial charge is 0.493 e. The van der Waals surface area contributed by atoms with E-state index in [0.29, 0.717) is 27.6 Å². The van der Waals surface area contributed by atoms with Crippen molar-refractivity contribution in [2.75, 3.05) is 12.0 Å². The number of carbonyl (C=O) groups is 2. The summed E-state index contributed by atoms with van der Waals surface area (Å²) >= 11 is 6.62. The molecule has 38 heavy (non-hydrogen) atoms. The summed E-state index contributed by atoms with van der Waals surface area (Å²) in [6.45, 7) is 1.77. The van der Waals surface area contributed by atoms with Crippen LogP contribution in [0.1, 0.15) is 21.8 Å². The molecule has 0 aliphatic carbocycles. The monoisotopic (exact) mass is 547 g/mol. The smallest absolute Gasteiger partial charge is 0.379 e. The molecule has 11 heteroatoms. The number of rotatable bonds is 6. The number of thiocarbonyl (C=S) groups is 1. The van der Waals surface area contributed by atoms with Gasteiger partial charge in [0.25, 0.3) is 11.5 Å². The van der Waals surface area contributed by atoms with E-state index < -0.39 is 11.9 Å². The molecule has 3 heterocycles. The molecule has 0 atom stereocenters. The molecule has 0 saturated carbocycles. The number of furan rings is 1. The molecule has 2 aromatic heterocycles. The standard InChI is InChI=1S/C27H21N3O6S2/c1-16-23(25(32)30(28(16)2)18-8-5-4-6-9-18)29-24(31)22(38-27(29)37)15-17-11-12-19(21(14-17)34-3)36-26(33)20-10-7-13-35-20/h4-15H,1-3H3/b22-15-. The van der Waals surface area contributed by atoms with Crippen LogP contribution in [0, 0.1) is 6.92 Å². The lowest BCUT2D eigenvalue weighted by Gasteiger charge is -2.12. The fraction of sp³-hybridized carbons (Fsp3) is 0.111. The zero-order valence-electron chi connectivity index (χ0n) is 20.5. The van der Waals surface area contributed by atoms with E-state index >= 15 is 0 Å². The Bertz CT molecular complexity index is 1650. The van der Waals surface area contributed by atoms with Gasteiger partial charge in [0.1, 0.15) is 5.69 Å². The molecular weight excluding hydrogens is 526 g/mol. The third-order valence-electron chi connectivity index (χ3n) is 5.95. The first-order valence-corrected chi connectivity index (χ1v) is 12.6. The predicted octanol–water partition coefficient (Wildman–Crippen LogP) is 4.71. The van der Waals surface area contributed by atoms with E-state index in [1.807, 2.05) is 30.3 Å². The summed E-state index contributed by atoms with van der Waals surface area (Å²) in [6.07, 6.45) is 3.02. The van der Waals surface area contributed by atoms with Crippen molar-refractivity contribution in [2.24, 2.45) is 7.05 Å². The Hall–Kier alpha value is -4.35. The van der Waals surface area contributed by atoms with Crippen LogP contribution in [0.15, 0.2) is 81.0 Å². The minimum absolute atomic E-state index is 0.0577. The number of hydrogen-bond acceptors (Lipinski definition) is 8. The molecule has 5 rings (SSSR count). The first-order chi connectivity index (χ1) is 18.3. The second kappa shape index (κ2) is 10.2. The lowest BCUT2D eigenvalue weighted by molar-refractivity contribution is -0.113. The molecule has 9 nitrogen and oxygen atoms in total. The molecule has 0 unspecified atom stereocenters. The molecule has 192 valence electrons. The number of aromatic nitrogens is 2. The van der Waals surface area contributed by atoms with Gasteiger partial charge in [0.05, 0.1) is 29.7 Å². The number of methoxy groups -OCH3 is 1. The fourth-order valence-electron chi connectivity index (χ4n) is 4.03. The number of amides is 1. The number of carbonyl (C=O) groups excluding carboxylic acids is 2. The molecule has 2 aromatic carbocycles. The number of nitrogens with zero attached hydrogens (tertiary/aromatic N) is 3. The van der Waals surface area contributed by atoms with E-state index in [2.05, 4.69) is 0 Å². The van der Waals surface area contributed by atoms with Gasteiger partial charge in [-0.25, -0.2) is 9.48 Å².